The van der Waals surface area contributed by atoms with E-state index in [2.05, 4.69) is 27.8 Å². The number of nitrogens with two attached hydrogens (primary N) is 1. The first-order valence-electron chi connectivity index (χ1n) is 7.01. The molecule has 2 rings (SSSR count). The third-order valence-electron chi connectivity index (χ3n) is 2.87. The molecule has 0 aliphatic heterocycles. The second-order valence-corrected chi connectivity index (χ2v) is 5.65. The van der Waals surface area contributed by atoms with Gasteiger partial charge in [-0.1, -0.05) is 67.0 Å². The van der Waals surface area contributed by atoms with Crippen molar-refractivity contribution in [2.45, 2.75) is 38.6 Å². The van der Waals surface area contributed by atoms with Crippen molar-refractivity contribution in [3.05, 3.63) is 66.0 Å². The van der Waals surface area contributed by atoms with Crippen LogP contribution in [-0.4, -0.2) is 15.6 Å². The van der Waals surface area contributed by atoms with Crippen molar-refractivity contribution in [1.82, 2.24) is 4.98 Å². The van der Waals surface area contributed by atoms with Gasteiger partial charge in [0.15, 0.2) is 5.78 Å². The number of hydrogen-bond acceptors (Lipinski definition) is 3. The molecule has 0 aliphatic rings. The number of aromatic nitrogens is 1. The van der Waals surface area contributed by atoms with Gasteiger partial charge in [-0.15, -0.1) is 0 Å². The van der Waals surface area contributed by atoms with E-state index < -0.39 is 0 Å². The highest BCUT2D eigenvalue weighted by atomic mass is 79.9. The molecule has 0 spiro atoms. The van der Waals surface area contributed by atoms with Crippen molar-refractivity contribution in [3.8, 4) is 0 Å². The zero-order valence-corrected chi connectivity index (χ0v) is 13.8. The number of nitrogens with zero attached hydrogens (tertiary/aromatic N) is 1. The summed E-state index contributed by atoms with van der Waals surface area (Å²) in [6.45, 7) is 2.68. The first-order valence-corrected chi connectivity index (χ1v) is 7.92. The molecule has 3 nitrogen and oxygen atoms in total. The molecule has 1 atom stereocenters. The van der Waals surface area contributed by atoms with E-state index >= 15 is 0 Å². The lowest BCUT2D eigenvalue weighted by molar-refractivity contribution is 0.0988. The van der Waals surface area contributed by atoms with E-state index in [1.54, 1.807) is 12.4 Å². The number of hydrogen-bond donors (Lipinski definition) is 1. The first-order chi connectivity index (χ1) is 10.2. The molecule has 1 heterocycles. The molecule has 1 aromatic heterocycles. The molecule has 120 valence electrons. The molecule has 0 fully saturated rings. The number of pyridine rings is 1. The summed E-state index contributed by atoms with van der Waals surface area (Å²) in [5.41, 5.74) is 7.24. The Kier molecular flexibility index (Phi) is 11.2. The Hall–Kier alpha value is -1.52. The monoisotopic (exact) mass is 364 g/mol. The maximum Gasteiger partial charge on any atom is 0.176 e. The third-order valence-corrected chi connectivity index (χ3v) is 3.74. The van der Waals surface area contributed by atoms with Crippen LogP contribution < -0.4 is 5.73 Å². The van der Waals surface area contributed by atoms with E-state index in [-0.39, 0.29) is 18.0 Å². The van der Waals surface area contributed by atoms with Crippen molar-refractivity contribution in [1.29, 1.82) is 0 Å². The summed E-state index contributed by atoms with van der Waals surface area (Å²) in [5, 5.41) is 0. The summed E-state index contributed by atoms with van der Waals surface area (Å²) < 4.78 is 0. The third kappa shape index (κ3) is 7.48. The SMILES string of the molecule is C.CCCC(Br)C(=O)c1ccccc1.NCc1ccncc1. The van der Waals surface area contributed by atoms with Gasteiger partial charge in [-0.25, -0.2) is 0 Å². The molecule has 1 unspecified atom stereocenters. The minimum Gasteiger partial charge on any atom is -0.326 e. The highest BCUT2D eigenvalue weighted by Crippen LogP contribution is 2.14. The maximum absolute atomic E-state index is 11.7. The van der Waals surface area contributed by atoms with Crippen molar-refractivity contribution >= 4 is 21.7 Å². The molecule has 0 saturated carbocycles. The average molecular weight is 365 g/mol. The number of halogens is 1. The van der Waals surface area contributed by atoms with Crippen molar-refractivity contribution < 1.29 is 4.79 Å². The Morgan fingerprint density at radius 1 is 1.18 bits per heavy atom. The van der Waals surface area contributed by atoms with E-state index in [1.807, 2.05) is 42.5 Å². The highest BCUT2D eigenvalue weighted by molar-refractivity contribution is 9.10. The topological polar surface area (TPSA) is 56.0 Å². The van der Waals surface area contributed by atoms with Gasteiger partial charge in [0.05, 0.1) is 4.83 Å². The first kappa shape index (κ1) is 20.5. The number of alkyl halides is 1. The largest absolute Gasteiger partial charge is 0.326 e. The van der Waals surface area contributed by atoms with Crippen LogP contribution in [0.3, 0.4) is 0 Å². The summed E-state index contributed by atoms with van der Waals surface area (Å²) in [6, 6.07) is 13.2. The van der Waals surface area contributed by atoms with E-state index in [0.29, 0.717) is 6.54 Å². The van der Waals surface area contributed by atoms with Crippen LogP contribution in [0.2, 0.25) is 0 Å². The average Bonchev–Trinajstić information content (AvgIpc) is 2.56. The Balaban J connectivity index is 0.000000423. The van der Waals surface area contributed by atoms with Crippen molar-refractivity contribution in [2.24, 2.45) is 5.73 Å². The van der Waals surface area contributed by atoms with Gasteiger partial charge in [-0.05, 0) is 24.1 Å². The van der Waals surface area contributed by atoms with Crippen LogP contribution in [0.5, 0.6) is 0 Å². The Morgan fingerprint density at radius 3 is 2.23 bits per heavy atom. The van der Waals surface area contributed by atoms with Crippen LogP contribution in [-0.2, 0) is 6.54 Å². The summed E-state index contributed by atoms with van der Waals surface area (Å²) in [6.07, 6.45) is 5.40. The zero-order valence-electron chi connectivity index (χ0n) is 12.2. The zero-order chi connectivity index (χ0) is 15.5. The fourth-order valence-corrected chi connectivity index (χ4v) is 2.41. The molecule has 0 amide bonds. The van der Waals surface area contributed by atoms with Gasteiger partial charge in [0.1, 0.15) is 0 Å². The molecular formula is C18H25BrN2O. The maximum atomic E-state index is 11.7. The van der Waals surface area contributed by atoms with E-state index in [0.717, 1.165) is 24.0 Å². The smallest absolute Gasteiger partial charge is 0.176 e. The summed E-state index contributed by atoms with van der Waals surface area (Å²) in [4.78, 5) is 15.5. The van der Waals surface area contributed by atoms with Crippen LogP contribution in [0.1, 0.15) is 43.1 Å². The predicted molar refractivity (Wildman–Crippen MR) is 97.3 cm³/mol. The number of rotatable bonds is 5. The fourth-order valence-electron chi connectivity index (χ4n) is 1.69. The molecule has 0 radical (unpaired) electrons. The molecule has 2 aromatic rings. The lowest BCUT2D eigenvalue weighted by atomic mass is 10.1. The van der Waals surface area contributed by atoms with Crippen molar-refractivity contribution in [2.75, 3.05) is 0 Å². The molecule has 0 saturated heterocycles. The Bertz CT molecular complexity index is 517. The van der Waals surface area contributed by atoms with E-state index in [1.165, 1.54) is 0 Å². The highest BCUT2D eigenvalue weighted by Gasteiger charge is 2.14. The predicted octanol–water partition coefficient (Wildman–Crippen LogP) is 4.61. The van der Waals surface area contributed by atoms with Crippen LogP contribution in [0, 0.1) is 0 Å². The van der Waals surface area contributed by atoms with Gasteiger partial charge >= 0.3 is 0 Å². The van der Waals surface area contributed by atoms with Crippen LogP contribution in [0.15, 0.2) is 54.9 Å². The Morgan fingerprint density at radius 2 is 1.77 bits per heavy atom. The molecule has 0 aliphatic carbocycles. The molecule has 22 heavy (non-hydrogen) atoms. The number of carbonyl (C=O) groups excluding carboxylic acids is 1. The number of carbonyl (C=O) groups is 1. The molecule has 4 heteroatoms. The van der Waals surface area contributed by atoms with Crippen LogP contribution in [0.25, 0.3) is 0 Å². The second-order valence-electron chi connectivity index (χ2n) is 4.55. The molecule has 2 N–H and O–H groups in total. The molecule has 1 aromatic carbocycles. The van der Waals surface area contributed by atoms with Gasteiger partial charge in [-0.3, -0.25) is 9.78 Å². The number of ketones is 1. The van der Waals surface area contributed by atoms with Crippen molar-refractivity contribution in [3.63, 3.8) is 0 Å². The van der Waals surface area contributed by atoms with Gasteiger partial charge in [0.25, 0.3) is 0 Å². The lowest BCUT2D eigenvalue weighted by Gasteiger charge is -2.06. The summed E-state index contributed by atoms with van der Waals surface area (Å²) >= 11 is 3.39. The number of Topliss-reactive ketones (excluding diaryl/α,β-unsaturated/α-hetero) is 1. The summed E-state index contributed by atoms with van der Waals surface area (Å²) in [5.74, 6) is 0.183. The van der Waals surface area contributed by atoms with E-state index in [9.17, 15) is 4.79 Å². The number of benzene rings is 1. The van der Waals surface area contributed by atoms with Gasteiger partial charge in [-0.2, -0.15) is 0 Å². The lowest BCUT2D eigenvalue weighted by Crippen LogP contribution is -2.13. The Labute approximate surface area is 142 Å². The minimum atomic E-state index is -0.0279. The van der Waals surface area contributed by atoms with Gasteiger partial charge in [0.2, 0.25) is 0 Å². The minimum absolute atomic E-state index is 0. The van der Waals surface area contributed by atoms with Crippen LogP contribution >= 0.6 is 15.9 Å². The normalized spacial score (nSPS) is 10.7. The van der Waals surface area contributed by atoms with Crippen LogP contribution in [0.4, 0.5) is 0 Å². The van der Waals surface area contributed by atoms with E-state index in [4.69, 9.17) is 5.73 Å². The molecular weight excluding hydrogens is 340 g/mol. The molecule has 0 bridgehead atoms. The standard InChI is InChI=1S/C11H13BrO.C6H8N2.CH4/c1-2-6-10(12)11(13)9-7-4-3-5-8-9;7-5-6-1-3-8-4-2-6;/h3-5,7-8,10H,2,6H2,1H3;1-4H,5,7H2;1H4. The summed E-state index contributed by atoms with van der Waals surface area (Å²) in [7, 11) is 0. The quantitative estimate of drug-likeness (QED) is 0.622. The second kappa shape index (κ2) is 12.1. The van der Waals surface area contributed by atoms with Gasteiger partial charge in [0, 0.05) is 24.5 Å². The fraction of sp³-hybridized carbons (Fsp3) is 0.333. The van der Waals surface area contributed by atoms with Gasteiger partial charge < -0.3 is 5.73 Å².